The van der Waals surface area contributed by atoms with Gasteiger partial charge in [-0.05, 0) is 30.5 Å². The number of methoxy groups -OCH3 is 2. The SMILES string of the molecule is COC(=O)[C@H](c1cccc(OC)c1)[C@@H]1CCCO1. The minimum absolute atomic E-state index is 0.0930. The third-order valence-corrected chi connectivity index (χ3v) is 3.24. The molecule has 0 aromatic heterocycles. The molecule has 1 aromatic rings. The van der Waals surface area contributed by atoms with Gasteiger partial charge in [0, 0.05) is 6.61 Å². The maximum absolute atomic E-state index is 12.0. The van der Waals surface area contributed by atoms with Crippen LogP contribution >= 0.6 is 0 Å². The lowest BCUT2D eigenvalue weighted by Crippen LogP contribution is -2.26. The number of carbonyl (C=O) groups is 1. The molecule has 0 N–H and O–H groups in total. The van der Waals surface area contributed by atoms with Crippen molar-refractivity contribution in [3.63, 3.8) is 0 Å². The molecule has 0 saturated carbocycles. The van der Waals surface area contributed by atoms with Crippen LogP contribution in [0.2, 0.25) is 0 Å². The van der Waals surface area contributed by atoms with E-state index >= 15 is 0 Å². The van der Waals surface area contributed by atoms with E-state index < -0.39 is 0 Å². The molecule has 1 fully saturated rings. The molecule has 4 heteroatoms. The van der Waals surface area contributed by atoms with E-state index in [1.165, 1.54) is 7.11 Å². The Hall–Kier alpha value is -1.55. The Labute approximate surface area is 107 Å². The maximum Gasteiger partial charge on any atom is 0.315 e. The van der Waals surface area contributed by atoms with Crippen molar-refractivity contribution in [3.05, 3.63) is 29.8 Å². The Bertz CT molecular complexity index is 410. The normalized spacial score (nSPS) is 20.4. The second kappa shape index (κ2) is 5.87. The highest BCUT2D eigenvalue weighted by molar-refractivity contribution is 5.79. The zero-order chi connectivity index (χ0) is 13.0. The van der Waals surface area contributed by atoms with Crippen molar-refractivity contribution in [2.45, 2.75) is 24.9 Å². The fraction of sp³-hybridized carbons (Fsp3) is 0.500. The van der Waals surface area contributed by atoms with Gasteiger partial charge in [-0.15, -0.1) is 0 Å². The van der Waals surface area contributed by atoms with Gasteiger partial charge in [-0.3, -0.25) is 4.79 Å². The van der Waals surface area contributed by atoms with Gasteiger partial charge in [0.2, 0.25) is 0 Å². The monoisotopic (exact) mass is 250 g/mol. The van der Waals surface area contributed by atoms with E-state index in [1.54, 1.807) is 7.11 Å². The Kier molecular flexibility index (Phi) is 4.20. The van der Waals surface area contributed by atoms with Gasteiger partial charge in [0.25, 0.3) is 0 Å². The van der Waals surface area contributed by atoms with Crippen LogP contribution in [0, 0.1) is 0 Å². The Balaban J connectivity index is 2.29. The van der Waals surface area contributed by atoms with Crippen molar-refractivity contribution in [1.82, 2.24) is 0 Å². The molecule has 1 saturated heterocycles. The Morgan fingerprint density at radius 1 is 1.44 bits per heavy atom. The fourth-order valence-electron chi connectivity index (χ4n) is 2.33. The Morgan fingerprint density at radius 2 is 2.28 bits per heavy atom. The predicted octanol–water partition coefficient (Wildman–Crippen LogP) is 2.13. The first-order valence-corrected chi connectivity index (χ1v) is 6.09. The summed E-state index contributed by atoms with van der Waals surface area (Å²) in [5.41, 5.74) is 0.883. The number of hydrogen-bond acceptors (Lipinski definition) is 4. The minimum atomic E-state index is -0.368. The Morgan fingerprint density at radius 3 is 2.89 bits per heavy atom. The van der Waals surface area contributed by atoms with E-state index in [9.17, 15) is 4.79 Å². The molecule has 2 rings (SSSR count). The molecule has 2 atom stereocenters. The molecule has 1 aliphatic heterocycles. The van der Waals surface area contributed by atoms with Gasteiger partial charge < -0.3 is 14.2 Å². The molecule has 1 heterocycles. The van der Waals surface area contributed by atoms with Crippen LogP contribution in [0.5, 0.6) is 5.75 Å². The van der Waals surface area contributed by atoms with E-state index in [1.807, 2.05) is 24.3 Å². The van der Waals surface area contributed by atoms with Gasteiger partial charge in [-0.1, -0.05) is 12.1 Å². The number of hydrogen-bond donors (Lipinski definition) is 0. The van der Waals surface area contributed by atoms with Gasteiger partial charge in [0.05, 0.1) is 20.3 Å². The van der Waals surface area contributed by atoms with E-state index in [-0.39, 0.29) is 18.0 Å². The highest BCUT2D eigenvalue weighted by Gasteiger charge is 2.34. The molecule has 0 radical (unpaired) electrons. The topological polar surface area (TPSA) is 44.8 Å². The van der Waals surface area contributed by atoms with Crippen LogP contribution in [0.1, 0.15) is 24.3 Å². The van der Waals surface area contributed by atoms with Crippen molar-refractivity contribution >= 4 is 5.97 Å². The van der Waals surface area contributed by atoms with Crippen molar-refractivity contribution in [2.24, 2.45) is 0 Å². The largest absolute Gasteiger partial charge is 0.497 e. The molecule has 4 nitrogen and oxygen atoms in total. The van der Waals surface area contributed by atoms with Gasteiger partial charge in [0.15, 0.2) is 0 Å². The number of rotatable bonds is 4. The zero-order valence-electron chi connectivity index (χ0n) is 10.7. The summed E-state index contributed by atoms with van der Waals surface area (Å²) in [5.74, 6) is 0.113. The molecule has 1 aliphatic rings. The number of ether oxygens (including phenoxy) is 3. The molecular weight excluding hydrogens is 232 g/mol. The molecule has 0 spiro atoms. The average molecular weight is 250 g/mol. The summed E-state index contributed by atoms with van der Waals surface area (Å²) < 4.78 is 15.7. The average Bonchev–Trinajstić information content (AvgIpc) is 2.93. The number of esters is 1. The third-order valence-electron chi connectivity index (χ3n) is 3.24. The first-order valence-electron chi connectivity index (χ1n) is 6.09. The maximum atomic E-state index is 12.0. The molecule has 0 aliphatic carbocycles. The van der Waals surface area contributed by atoms with E-state index in [4.69, 9.17) is 14.2 Å². The molecule has 18 heavy (non-hydrogen) atoms. The van der Waals surface area contributed by atoms with E-state index in [2.05, 4.69) is 0 Å². The first-order chi connectivity index (χ1) is 8.76. The molecule has 1 aromatic carbocycles. The summed E-state index contributed by atoms with van der Waals surface area (Å²) in [6.45, 7) is 0.710. The second-order valence-corrected chi connectivity index (χ2v) is 4.33. The molecule has 0 unspecified atom stereocenters. The van der Waals surface area contributed by atoms with Crippen LogP contribution < -0.4 is 4.74 Å². The summed E-state index contributed by atoms with van der Waals surface area (Å²) in [6, 6.07) is 7.50. The standard InChI is InChI=1S/C14H18O4/c1-16-11-6-3-5-10(9-11)13(14(15)17-2)12-7-4-8-18-12/h3,5-6,9,12-13H,4,7-8H2,1-2H3/t12-,13+/m0/s1. The van der Waals surface area contributed by atoms with Crippen LogP contribution in [0.15, 0.2) is 24.3 Å². The van der Waals surface area contributed by atoms with Crippen LogP contribution in [0.25, 0.3) is 0 Å². The summed E-state index contributed by atoms with van der Waals surface area (Å²) in [6.07, 6.45) is 1.78. The number of carbonyl (C=O) groups excluding carboxylic acids is 1. The first kappa shape index (κ1) is 12.9. The van der Waals surface area contributed by atoms with Crippen LogP contribution in [0.3, 0.4) is 0 Å². The molecule has 0 amide bonds. The second-order valence-electron chi connectivity index (χ2n) is 4.33. The van der Waals surface area contributed by atoms with Gasteiger partial charge in [-0.25, -0.2) is 0 Å². The lowest BCUT2D eigenvalue weighted by molar-refractivity contribution is -0.145. The summed E-state index contributed by atoms with van der Waals surface area (Å²) in [7, 11) is 3.02. The van der Waals surface area contributed by atoms with Gasteiger partial charge in [-0.2, -0.15) is 0 Å². The lowest BCUT2D eigenvalue weighted by Gasteiger charge is -2.21. The summed E-state index contributed by atoms with van der Waals surface area (Å²) in [4.78, 5) is 12.0. The van der Waals surface area contributed by atoms with E-state index in [0.29, 0.717) is 6.61 Å². The quantitative estimate of drug-likeness (QED) is 0.768. The molecule has 0 bridgehead atoms. The fourth-order valence-corrected chi connectivity index (χ4v) is 2.33. The highest BCUT2D eigenvalue weighted by Crippen LogP contribution is 2.31. The highest BCUT2D eigenvalue weighted by atomic mass is 16.5. The summed E-state index contributed by atoms with van der Waals surface area (Å²) in [5, 5.41) is 0. The molecular formula is C14H18O4. The molecule has 98 valence electrons. The van der Waals surface area contributed by atoms with Crippen molar-refractivity contribution in [1.29, 1.82) is 0 Å². The predicted molar refractivity (Wildman–Crippen MR) is 66.7 cm³/mol. The van der Waals surface area contributed by atoms with Gasteiger partial charge >= 0.3 is 5.97 Å². The van der Waals surface area contributed by atoms with E-state index in [0.717, 1.165) is 24.2 Å². The van der Waals surface area contributed by atoms with Crippen molar-refractivity contribution in [2.75, 3.05) is 20.8 Å². The van der Waals surface area contributed by atoms with Crippen molar-refractivity contribution < 1.29 is 19.0 Å². The third kappa shape index (κ3) is 2.64. The lowest BCUT2D eigenvalue weighted by atomic mass is 9.91. The van der Waals surface area contributed by atoms with Gasteiger partial charge in [0.1, 0.15) is 11.7 Å². The smallest absolute Gasteiger partial charge is 0.315 e. The van der Waals surface area contributed by atoms with Crippen LogP contribution in [0.4, 0.5) is 0 Å². The number of benzene rings is 1. The zero-order valence-corrected chi connectivity index (χ0v) is 10.7. The summed E-state index contributed by atoms with van der Waals surface area (Å²) >= 11 is 0. The van der Waals surface area contributed by atoms with Crippen LogP contribution in [-0.4, -0.2) is 32.9 Å². The van der Waals surface area contributed by atoms with Crippen molar-refractivity contribution in [3.8, 4) is 5.75 Å². The van der Waals surface area contributed by atoms with Crippen LogP contribution in [-0.2, 0) is 14.3 Å². The minimum Gasteiger partial charge on any atom is -0.497 e.